The highest BCUT2D eigenvalue weighted by atomic mass is 16.2. The summed E-state index contributed by atoms with van der Waals surface area (Å²) in [6.45, 7) is 4.09. The number of nitrogens with one attached hydrogen (secondary N) is 2. The van der Waals surface area contributed by atoms with Gasteiger partial charge < -0.3 is 22.1 Å². The van der Waals surface area contributed by atoms with Crippen LogP contribution in [0.3, 0.4) is 0 Å². The van der Waals surface area contributed by atoms with Gasteiger partial charge in [-0.25, -0.2) is 4.79 Å². The second kappa shape index (κ2) is 6.05. The highest BCUT2D eigenvalue weighted by Crippen LogP contribution is 2.41. The average Bonchev–Trinajstić information content (AvgIpc) is 3.17. The second-order valence-electron chi connectivity index (χ2n) is 5.65. The lowest BCUT2D eigenvalue weighted by molar-refractivity contribution is -0.128. The molecule has 0 aliphatic heterocycles. The van der Waals surface area contributed by atoms with Gasteiger partial charge in [-0.15, -0.1) is 0 Å². The third kappa shape index (κ3) is 3.55. The maximum absolute atomic E-state index is 11.8. The predicted octanol–water partition coefficient (Wildman–Crippen LogP) is -0.202. The topological polar surface area (TPSA) is 127 Å². The first-order valence-electron chi connectivity index (χ1n) is 7.02. The van der Waals surface area contributed by atoms with Crippen molar-refractivity contribution >= 4 is 17.8 Å². The molecule has 0 radical (unpaired) electrons. The van der Waals surface area contributed by atoms with Crippen LogP contribution in [0.5, 0.6) is 0 Å². The standard InChI is InChI=1S/C15H20N4O3/c1-7-3-4-9(5-8(7)2)10-6-11(10)18-15(22)19-12(13(16)20)14(17)21/h3-5,10-12H,6H2,1-2H3,(H2,16,20)(H2,17,21)(H2,18,19,22). The van der Waals surface area contributed by atoms with E-state index in [0.29, 0.717) is 0 Å². The van der Waals surface area contributed by atoms with Crippen molar-refractivity contribution in [3.05, 3.63) is 34.9 Å². The van der Waals surface area contributed by atoms with E-state index in [-0.39, 0.29) is 12.0 Å². The lowest BCUT2D eigenvalue weighted by atomic mass is 10.0. The van der Waals surface area contributed by atoms with Crippen LogP contribution < -0.4 is 22.1 Å². The molecule has 2 atom stereocenters. The van der Waals surface area contributed by atoms with Crippen molar-refractivity contribution in [1.29, 1.82) is 0 Å². The van der Waals surface area contributed by atoms with Crippen LogP contribution in [0.2, 0.25) is 0 Å². The van der Waals surface area contributed by atoms with Crippen LogP contribution in [0.15, 0.2) is 18.2 Å². The van der Waals surface area contributed by atoms with Crippen molar-refractivity contribution in [2.75, 3.05) is 0 Å². The van der Waals surface area contributed by atoms with E-state index in [9.17, 15) is 14.4 Å². The highest BCUT2D eigenvalue weighted by molar-refractivity contribution is 6.05. The number of urea groups is 1. The SMILES string of the molecule is Cc1ccc(C2CC2NC(=O)NC(C(N)=O)C(N)=O)cc1C. The number of nitrogens with two attached hydrogens (primary N) is 2. The normalized spacial score (nSPS) is 19.6. The fraction of sp³-hybridized carbons (Fsp3) is 0.400. The van der Waals surface area contributed by atoms with Crippen LogP contribution in [-0.2, 0) is 9.59 Å². The molecule has 22 heavy (non-hydrogen) atoms. The summed E-state index contributed by atoms with van der Waals surface area (Å²) in [5, 5.41) is 4.89. The smallest absolute Gasteiger partial charge is 0.316 e. The third-order valence-electron chi connectivity index (χ3n) is 3.91. The van der Waals surface area contributed by atoms with Crippen LogP contribution in [0, 0.1) is 13.8 Å². The lowest BCUT2D eigenvalue weighted by Gasteiger charge is -2.13. The summed E-state index contributed by atoms with van der Waals surface area (Å²) in [4.78, 5) is 33.8. The number of benzene rings is 1. The molecule has 1 aromatic carbocycles. The number of carbonyl (C=O) groups is 3. The van der Waals surface area contributed by atoms with Gasteiger partial charge in [0.25, 0.3) is 0 Å². The Morgan fingerprint density at radius 2 is 1.77 bits per heavy atom. The summed E-state index contributed by atoms with van der Waals surface area (Å²) in [5.74, 6) is -1.72. The summed E-state index contributed by atoms with van der Waals surface area (Å²) in [7, 11) is 0. The Kier molecular flexibility index (Phi) is 4.35. The van der Waals surface area contributed by atoms with Crippen LogP contribution in [0.4, 0.5) is 4.79 Å². The molecule has 2 rings (SSSR count). The number of primary amides is 2. The van der Waals surface area contributed by atoms with Gasteiger partial charge in [-0.05, 0) is 37.0 Å². The van der Waals surface area contributed by atoms with E-state index in [0.717, 1.165) is 12.0 Å². The molecule has 0 bridgehead atoms. The monoisotopic (exact) mass is 304 g/mol. The van der Waals surface area contributed by atoms with Gasteiger partial charge in [-0.3, -0.25) is 9.59 Å². The molecule has 118 valence electrons. The molecule has 4 amide bonds. The Hall–Kier alpha value is -2.57. The molecular weight excluding hydrogens is 284 g/mol. The van der Waals surface area contributed by atoms with E-state index < -0.39 is 23.9 Å². The van der Waals surface area contributed by atoms with Crippen molar-refractivity contribution in [3.63, 3.8) is 0 Å². The van der Waals surface area contributed by atoms with E-state index >= 15 is 0 Å². The Morgan fingerprint density at radius 1 is 1.14 bits per heavy atom. The number of aryl methyl sites for hydroxylation is 2. The Bertz CT molecular complexity index is 615. The average molecular weight is 304 g/mol. The predicted molar refractivity (Wildman–Crippen MR) is 80.9 cm³/mol. The molecule has 0 heterocycles. The van der Waals surface area contributed by atoms with Gasteiger partial charge in [0.05, 0.1) is 0 Å². The lowest BCUT2D eigenvalue weighted by Crippen LogP contribution is -2.55. The second-order valence-corrected chi connectivity index (χ2v) is 5.65. The summed E-state index contributed by atoms with van der Waals surface area (Å²) in [6, 6.07) is 4.05. The van der Waals surface area contributed by atoms with Crippen LogP contribution >= 0.6 is 0 Å². The van der Waals surface area contributed by atoms with Gasteiger partial charge in [0.15, 0.2) is 6.04 Å². The molecule has 1 aliphatic carbocycles. The minimum atomic E-state index is -1.50. The van der Waals surface area contributed by atoms with Gasteiger partial charge in [0.2, 0.25) is 11.8 Å². The van der Waals surface area contributed by atoms with Crippen molar-refractivity contribution in [1.82, 2.24) is 10.6 Å². The molecule has 0 saturated heterocycles. The van der Waals surface area contributed by atoms with Crippen LogP contribution in [-0.4, -0.2) is 29.9 Å². The molecule has 1 aliphatic rings. The van der Waals surface area contributed by atoms with Crippen molar-refractivity contribution in [2.45, 2.75) is 38.3 Å². The molecule has 0 aromatic heterocycles. The largest absolute Gasteiger partial charge is 0.367 e. The highest BCUT2D eigenvalue weighted by Gasteiger charge is 2.40. The number of rotatable bonds is 5. The van der Waals surface area contributed by atoms with E-state index in [1.807, 2.05) is 19.9 Å². The van der Waals surface area contributed by atoms with Crippen molar-refractivity contribution < 1.29 is 14.4 Å². The zero-order valence-corrected chi connectivity index (χ0v) is 12.6. The Balaban J connectivity index is 1.91. The van der Waals surface area contributed by atoms with Crippen LogP contribution in [0.25, 0.3) is 0 Å². The number of amides is 4. The van der Waals surface area contributed by atoms with E-state index in [4.69, 9.17) is 11.5 Å². The minimum absolute atomic E-state index is 0.0245. The quantitative estimate of drug-likeness (QED) is 0.562. The third-order valence-corrected chi connectivity index (χ3v) is 3.91. The van der Waals surface area contributed by atoms with Gasteiger partial charge in [-0.2, -0.15) is 0 Å². The van der Waals surface area contributed by atoms with Gasteiger partial charge in [0.1, 0.15) is 0 Å². The maximum Gasteiger partial charge on any atom is 0.316 e. The Labute approximate surface area is 128 Å². The minimum Gasteiger partial charge on any atom is -0.367 e. The van der Waals surface area contributed by atoms with E-state index in [1.165, 1.54) is 11.1 Å². The maximum atomic E-state index is 11.8. The number of hydrogen-bond donors (Lipinski definition) is 4. The van der Waals surface area contributed by atoms with E-state index in [2.05, 4.69) is 22.8 Å². The molecular formula is C15H20N4O3. The fourth-order valence-electron chi connectivity index (χ4n) is 2.34. The molecule has 7 heteroatoms. The van der Waals surface area contributed by atoms with Crippen molar-refractivity contribution in [3.8, 4) is 0 Å². The van der Waals surface area contributed by atoms with Gasteiger partial charge in [-0.1, -0.05) is 18.2 Å². The number of carbonyl (C=O) groups excluding carboxylic acids is 3. The molecule has 7 nitrogen and oxygen atoms in total. The summed E-state index contributed by atoms with van der Waals surface area (Å²) >= 11 is 0. The first-order valence-corrected chi connectivity index (χ1v) is 7.02. The first kappa shape index (κ1) is 15.8. The summed E-state index contributed by atoms with van der Waals surface area (Å²) in [5.41, 5.74) is 13.6. The zero-order chi connectivity index (χ0) is 16.4. The molecule has 1 aromatic rings. The summed E-state index contributed by atoms with van der Waals surface area (Å²) < 4.78 is 0. The molecule has 1 saturated carbocycles. The Morgan fingerprint density at radius 3 is 2.32 bits per heavy atom. The van der Waals surface area contributed by atoms with Crippen LogP contribution in [0.1, 0.15) is 29.0 Å². The molecule has 1 fully saturated rings. The first-order chi connectivity index (χ1) is 10.3. The van der Waals surface area contributed by atoms with E-state index in [1.54, 1.807) is 0 Å². The fourth-order valence-corrected chi connectivity index (χ4v) is 2.34. The van der Waals surface area contributed by atoms with Crippen molar-refractivity contribution in [2.24, 2.45) is 11.5 Å². The molecule has 6 N–H and O–H groups in total. The zero-order valence-electron chi connectivity index (χ0n) is 12.6. The number of hydrogen-bond acceptors (Lipinski definition) is 3. The molecule has 2 unspecified atom stereocenters. The molecule has 0 spiro atoms. The van der Waals surface area contributed by atoms with Gasteiger partial charge >= 0.3 is 6.03 Å². The van der Waals surface area contributed by atoms with Gasteiger partial charge in [0, 0.05) is 12.0 Å². The summed E-state index contributed by atoms with van der Waals surface area (Å²) in [6.07, 6.45) is 0.813.